The predicted molar refractivity (Wildman–Crippen MR) is 106 cm³/mol. The molecule has 0 saturated heterocycles. The molecule has 0 aliphatic heterocycles. The van der Waals surface area contributed by atoms with Gasteiger partial charge in [0.2, 0.25) is 0 Å². The third kappa shape index (κ3) is 4.33. The van der Waals surface area contributed by atoms with Crippen molar-refractivity contribution in [1.82, 2.24) is 4.98 Å². The van der Waals surface area contributed by atoms with Gasteiger partial charge in [0.05, 0.1) is 22.1 Å². The molecule has 0 spiro atoms. The van der Waals surface area contributed by atoms with E-state index in [1.54, 1.807) is 48.5 Å². The summed E-state index contributed by atoms with van der Waals surface area (Å²) >= 11 is 6.16. The van der Waals surface area contributed by atoms with Crippen LogP contribution in [0.4, 0.5) is 16.2 Å². The van der Waals surface area contributed by atoms with Crippen molar-refractivity contribution in [1.29, 1.82) is 0 Å². The van der Waals surface area contributed by atoms with Gasteiger partial charge in [-0.25, -0.2) is 4.79 Å². The van der Waals surface area contributed by atoms with Crippen LogP contribution in [0.1, 0.15) is 20.7 Å². The number of hydrogen-bond donors (Lipinski definition) is 3. The molecule has 0 saturated carbocycles. The summed E-state index contributed by atoms with van der Waals surface area (Å²) in [4.78, 5) is 38.3. The van der Waals surface area contributed by atoms with Gasteiger partial charge in [0.15, 0.2) is 6.29 Å². The lowest BCUT2D eigenvalue weighted by Gasteiger charge is -2.11. The lowest BCUT2D eigenvalue weighted by atomic mass is 10.1. The fourth-order valence-corrected chi connectivity index (χ4v) is 2.80. The molecule has 140 valence electrons. The summed E-state index contributed by atoms with van der Waals surface area (Å²) in [7, 11) is 0. The molecule has 2 amide bonds. The van der Waals surface area contributed by atoms with Gasteiger partial charge in [0, 0.05) is 22.9 Å². The van der Waals surface area contributed by atoms with Crippen LogP contribution in [0.15, 0.2) is 60.8 Å². The maximum Gasteiger partial charge on any atom is 0.409 e. The molecule has 0 radical (unpaired) electrons. The average molecular weight is 396 g/mol. The van der Waals surface area contributed by atoms with E-state index in [2.05, 4.69) is 15.6 Å². The first-order valence-corrected chi connectivity index (χ1v) is 8.47. The van der Waals surface area contributed by atoms with Crippen LogP contribution >= 0.6 is 11.6 Å². The molecular weight excluding hydrogens is 382 g/mol. The summed E-state index contributed by atoms with van der Waals surface area (Å²) < 4.78 is 0. The molecule has 0 aliphatic rings. The van der Waals surface area contributed by atoms with Gasteiger partial charge in [-0.3, -0.25) is 19.9 Å². The fraction of sp³-hybridized carbons (Fsp3) is 0. The molecule has 2 aromatic carbocycles. The van der Waals surface area contributed by atoms with Gasteiger partial charge in [-0.05, 0) is 30.3 Å². The van der Waals surface area contributed by atoms with Crippen molar-refractivity contribution < 1.29 is 19.5 Å². The lowest BCUT2D eigenvalue weighted by Crippen LogP contribution is -2.15. The highest BCUT2D eigenvalue weighted by Crippen LogP contribution is 2.27. The Kier molecular flexibility index (Phi) is 5.67. The number of anilines is 2. The van der Waals surface area contributed by atoms with E-state index in [0.717, 1.165) is 0 Å². The van der Waals surface area contributed by atoms with E-state index < -0.39 is 12.0 Å². The number of rotatable bonds is 5. The molecule has 7 nitrogen and oxygen atoms in total. The summed E-state index contributed by atoms with van der Waals surface area (Å²) in [5.74, 6) is -0.401. The van der Waals surface area contributed by atoms with Crippen molar-refractivity contribution in [2.45, 2.75) is 0 Å². The first-order valence-electron chi connectivity index (χ1n) is 8.09. The monoisotopic (exact) mass is 395 g/mol. The van der Waals surface area contributed by atoms with E-state index in [4.69, 9.17) is 16.7 Å². The Morgan fingerprint density at radius 3 is 2.21 bits per heavy atom. The van der Waals surface area contributed by atoms with Crippen LogP contribution in [-0.4, -0.2) is 28.4 Å². The number of benzene rings is 2. The molecule has 3 rings (SSSR count). The molecule has 0 unspecified atom stereocenters. The molecule has 3 N–H and O–H groups in total. The zero-order chi connectivity index (χ0) is 20.1. The zero-order valence-electron chi connectivity index (χ0n) is 14.3. The number of nitrogens with one attached hydrogen (secondary N) is 2. The molecule has 3 aromatic rings. The maximum atomic E-state index is 12.5. The lowest BCUT2D eigenvalue weighted by molar-refractivity contribution is 0.102. The van der Waals surface area contributed by atoms with E-state index in [1.807, 2.05) is 0 Å². The number of aromatic nitrogens is 1. The fourth-order valence-electron chi connectivity index (χ4n) is 2.52. The summed E-state index contributed by atoms with van der Waals surface area (Å²) in [6.07, 6.45) is 0.852. The normalized spacial score (nSPS) is 10.2. The number of nitrogens with zero attached hydrogens (tertiary/aromatic N) is 1. The zero-order valence-corrected chi connectivity index (χ0v) is 15.1. The quantitative estimate of drug-likeness (QED) is 0.549. The Morgan fingerprint density at radius 2 is 1.64 bits per heavy atom. The van der Waals surface area contributed by atoms with Gasteiger partial charge in [-0.15, -0.1) is 0 Å². The SMILES string of the molecule is O=Cc1cnc(-c2ccc(C(=O)Nc3ccccc3NC(=O)O)cc2)c(Cl)c1. The standard InChI is InChI=1S/C20H14ClN3O4/c21-15-9-12(11-25)10-22-18(15)13-5-7-14(8-6-13)19(26)23-16-3-1-2-4-17(16)24-20(27)28/h1-11,24H,(H,23,26)(H,27,28). The average Bonchev–Trinajstić information content (AvgIpc) is 2.69. The molecule has 0 fully saturated rings. The van der Waals surface area contributed by atoms with Gasteiger partial charge in [0.1, 0.15) is 0 Å². The Hall–Kier alpha value is -3.71. The van der Waals surface area contributed by atoms with E-state index in [-0.39, 0.29) is 5.69 Å². The second-order valence-electron chi connectivity index (χ2n) is 5.72. The Labute approximate surface area is 165 Å². The molecule has 1 heterocycles. The minimum Gasteiger partial charge on any atom is -0.465 e. The van der Waals surface area contributed by atoms with E-state index in [0.29, 0.717) is 39.4 Å². The molecule has 1 aromatic heterocycles. The highest BCUT2D eigenvalue weighted by atomic mass is 35.5. The van der Waals surface area contributed by atoms with Crippen LogP contribution in [0.5, 0.6) is 0 Å². The Balaban J connectivity index is 1.80. The van der Waals surface area contributed by atoms with Gasteiger partial charge >= 0.3 is 6.09 Å². The number of para-hydroxylation sites is 2. The van der Waals surface area contributed by atoms with Crippen molar-refractivity contribution in [3.8, 4) is 11.3 Å². The summed E-state index contributed by atoms with van der Waals surface area (Å²) in [5.41, 5.74) is 2.54. The summed E-state index contributed by atoms with van der Waals surface area (Å²) in [5, 5.41) is 14.1. The second-order valence-corrected chi connectivity index (χ2v) is 6.13. The van der Waals surface area contributed by atoms with E-state index >= 15 is 0 Å². The number of carbonyl (C=O) groups is 3. The molecule has 8 heteroatoms. The van der Waals surface area contributed by atoms with Crippen molar-refractivity contribution in [3.63, 3.8) is 0 Å². The predicted octanol–water partition coefficient (Wildman–Crippen LogP) is 4.56. The third-order valence-corrected chi connectivity index (χ3v) is 4.12. The first-order chi connectivity index (χ1) is 13.5. The first kappa shape index (κ1) is 19.1. The van der Waals surface area contributed by atoms with Gasteiger partial charge in [-0.2, -0.15) is 0 Å². The van der Waals surface area contributed by atoms with Crippen LogP contribution < -0.4 is 10.6 Å². The van der Waals surface area contributed by atoms with Crippen molar-refractivity contribution in [2.75, 3.05) is 10.6 Å². The van der Waals surface area contributed by atoms with Crippen molar-refractivity contribution in [3.05, 3.63) is 76.9 Å². The number of carbonyl (C=O) groups excluding carboxylic acids is 2. The maximum absolute atomic E-state index is 12.5. The highest BCUT2D eigenvalue weighted by molar-refractivity contribution is 6.33. The van der Waals surface area contributed by atoms with Gasteiger partial charge < -0.3 is 10.4 Å². The van der Waals surface area contributed by atoms with Crippen molar-refractivity contribution in [2.24, 2.45) is 0 Å². The van der Waals surface area contributed by atoms with E-state index in [1.165, 1.54) is 12.3 Å². The number of amides is 2. The van der Waals surface area contributed by atoms with Crippen molar-refractivity contribution >= 4 is 41.3 Å². The van der Waals surface area contributed by atoms with Crippen LogP contribution in [0, 0.1) is 0 Å². The summed E-state index contributed by atoms with van der Waals surface area (Å²) in [6.45, 7) is 0. The third-order valence-electron chi connectivity index (χ3n) is 3.84. The van der Waals surface area contributed by atoms with Crippen LogP contribution in [0.2, 0.25) is 5.02 Å². The number of aldehydes is 1. The minimum atomic E-state index is -1.23. The van der Waals surface area contributed by atoms with Crippen LogP contribution in [0.3, 0.4) is 0 Å². The van der Waals surface area contributed by atoms with Crippen LogP contribution in [-0.2, 0) is 0 Å². The second kappa shape index (κ2) is 8.32. The molecule has 28 heavy (non-hydrogen) atoms. The largest absolute Gasteiger partial charge is 0.465 e. The minimum absolute atomic E-state index is 0.270. The van der Waals surface area contributed by atoms with E-state index in [9.17, 15) is 14.4 Å². The smallest absolute Gasteiger partial charge is 0.409 e. The topological polar surface area (TPSA) is 108 Å². The molecule has 0 bridgehead atoms. The summed E-state index contributed by atoms with van der Waals surface area (Å²) in [6, 6.07) is 14.6. The number of halogens is 1. The van der Waals surface area contributed by atoms with Gasteiger partial charge in [0.25, 0.3) is 5.91 Å². The Bertz CT molecular complexity index is 1050. The highest BCUT2D eigenvalue weighted by Gasteiger charge is 2.12. The molecule has 0 aliphatic carbocycles. The molecular formula is C20H14ClN3O4. The van der Waals surface area contributed by atoms with Gasteiger partial charge in [-0.1, -0.05) is 35.9 Å². The number of carboxylic acid groups (broad SMARTS) is 1. The number of hydrogen-bond acceptors (Lipinski definition) is 4. The number of pyridine rings is 1. The molecule has 0 atom stereocenters. The Morgan fingerprint density at radius 1 is 1.00 bits per heavy atom. The van der Waals surface area contributed by atoms with Crippen LogP contribution in [0.25, 0.3) is 11.3 Å².